The minimum atomic E-state index is 0.408. The second kappa shape index (κ2) is 8.02. The Bertz CT molecular complexity index is 330. The minimum absolute atomic E-state index is 0.408. The van der Waals surface area contributed by atoms with Crippen LogP contribution in [-0.4, -0.2) is 18.1 Å². The van der Waals surface area contributed by atoms with E-state index in [-0.39, 0.29) is 0 Å². The summed E-state index contributed by atoms with van der Waals surface area (Å²) in [6.07, 6.45) is 4.41. The van der Waals surface area contributed by atoms with Crippen molar-refractivity contribution in [2.24, 2.45) is 0 Å². The number of rotatable bonds is 7. The second-order valence-electron chi connectivity index (χ2n) is 4.24. The summed E-state index contributed by atoms with van der Waals surface area (Å²) in [6.45, 7) is 4.45. The van der Waals surface area contributed by atoms with Crippen LogP contribution in [-0.2, 0) is 0 Å². The molecule has 2 atom stereocenters. The van der Waals surface area contributed by atoms with Crippen LogP contribution in [0.25, 0.3) is 0 Å². The summed E-state index contributed by atoms with van der Waals surface area (Å²) in [5.74, 6) is 1.16. The Morgan fingerprint density at radius 3 is 2.59 bits per heavy atom. The van der Waals surface area contributed by atoms with Gasteiger partial charge in [-0.2, -0.15) is 11.8 Å². The van der Waals surface area contributed by atoms with E-state index in [9.17, 15) is 0 Å². The zero-order valence-electron chi connectivity index (χ0n) is 10.9. The number of halogens is 1. The Balaban J connectivity index is 2.70. The summed E-state index contributed by atoms with van der Waals surface area (Å²) < 4.78 is 0. The molecular weight excluding hydrogens is 250 g/mol. The highest BCUT2D eigenvalue weighted by Gasteiger charge is 2.14. The summed E-state index contributed by atoms with van der Waals surface area (Å²) >= 11 is 7.94. The lowest BCUT2D eigenvalue weighted by Gasteiger charge is -2.24. The van der Waals surface area contributed by atoms with Gasteiger partial charge in [0, 0.05) is 22.9 Å². The highest BCUT2D eigenvalue weighted by Crippen LogP contribution is 2.21. The van der Waals surface area contributed by atoms with Gasteiger partial charge in [0.25, 0.3) is 0 Å². The van der Waals surface area contributed by atoms with Crippen LogP contribution in [0, 0.1) is 0 Å². The molecule has 0 fully saturated rings. The van der Waals surface area contributed by atoms with Crippen molar-refractivity contribution in [3.8, 4) is 0 Å². The summed E-state index contributed by atoms with van der Waals surface area (Å²) in [4.78, 5) is 0. The molecule has 1 aromatic rings. The fourth-order valence-electron chi connectivity index (χ4n) is 1.94. The zero-order chi connectivity index (χ0) is 12.7. The third-order valence-electron chi connectivity index (χ3n) is 2.96. The number of hydrogen-bond acceptors (Lipinski definition) is 2. The molecule has 17 heavy (non-hydrogen) atoms. The first-order valence-corrected chi connectivity index (χ1v) is 7.98. The molecular formula is C14H22ClNS. The highest BCUT2D eigenvalue weighted by molar-refractivity contribution is 7.98. The van der Waals surface area contributed by atoms with Crippen LogP contribution >= 0.6 is 23.4 Å². The third-order valence-corrected chi connectivity index (χ3v) is 3.93. The Morgan fingerprint density at radius 2 is 2.06 bits per heavy atom. The fraction of sp³-hybridized carbons (Fsp3) is 0.571. The predicted molar refractivity (Wildman–Crippen MR) is 80.1 cm³/mol. The molecule has 0 saturated carbocycles. The van der Waals surface area contributed by atoms with E-state index < -0.39 is 0 Å². The molecule has 0 amide bonds. The molecule has 0 aliphatic rings. The van der Waals surface area contributed by atoms with Gasteiger partial charge in [-0.15, -0.1) is 0 Å². The van der Waals surface area contributed by atoms with Crippen molar-refractivity contribution < 1.29 is 0 Å². The molecule has 0 aromatic heterocycles. The Labute approximate surface area is 114 Å². The van der Waals surface area contributed by atoms with Crippen molar-refractivity contribution in [3.05, 3.63) is 34.9 Å². The molecule has 0 aliphatic heterocycles. The molecule has 0 heterocycles. The molecule has 0 bridgehead atoms. The number of nitrogens with one attached hydrogen (secondary N) is 1. The fourth-order valence-corrected chi connectivity index (χ4v) is 2.88. The van der Waals surface area contributed by atoms with Crippen LogP contribution in [0.2, 0.25) is 5.02 Å². The van der Waals surface area contributed by atoms with Crippen LogP contribution in [0.5, 0.6) is 0 Å². The van der Waals surface area contributed by atoms with Gasteiger partial charge >= 0.3 is 0 Å². The van der Waals surface area contributed by atoms with Gasteiger partial charge in [0.05, 0.1) is 0 Å². The van der Waals surface area contributed by atoms with E-state index in [0.29, 0.717) is 12.1 Å². The largest absolute Gasteiger partial charge is 0.306 e. The van der Waals surface area contributed by atoms with Gasteiger partial charge in [0.1, 0.15) is 0 Å². The zero-order valence-corrected chi connectivity index (χ0v) is 12.4. The molecule has 2 unspecified atom stereocenters. The molecule has 0 radical (unpaired) electrons. The Hall–Kier alpha value is -0.180. The smallest absolute Gasteiger partial charge is 0.0409 e. The van der Waals surface area contributed by atoms with Crippen molar-refractivity contribution in [3.63, 3.8) is 0 Å². The second-order valence-corrected chi connectivity index (χ2v) is 5.59. The minimum Gasteiger partial charge on any atom is -0.306 e. The first-order valence-electron chi connectivity index (χ1n) is 6.21. The molecule has 1 rings (SSSR count). The first kappa shape index (κ1) is 14.9. The van der Waals surface area contributed by atoms with Crippen LogP contribution in [0.15, 0.2) is 24.3 Å². The summed E-state index contributed by atoms with van der Waals surface area (Å²) in [7, 11) is 0. The average Bonchev–Trinajstić information content (AvgIpc) is 2.34. The van der Waals surface area contributed by atoms with Crippen LogP contribution in [0.3, 0.4) is 0 Å². The lowest BCUT2D eigenvalue weighted by atomic mass is 10.0. The van der Waals surface area contributed by atoms with Gasteiger partial charge in [-0.3, -0.25) is 0 Å². The average molecular weight is 272 g/mol. The molecule has 3 heteroatoms. The number of benzene rings is 1. The van der Waals surface area contributed by atoms with Gasteiger partial charge in [-0.25, -0.2) is 0 Å². The van der Waals surface area contributed by atoms with Crippen molar-refractivity contribution in [1.82, 2.24) is 5.32 Å². The normalized spacial score (nSPS) is 14.6. The van der Waals surface area contributed by atoms with Crippen molar-refractivity contribution in [2.75, 3.05) is 12.0 Å². The predicted octanol–water partition coefficient (Wildman–Crippen LogP) is 4.52. The maximum atomic E-state index is 6.05. The van der Waals surface area contributed by atoms with Gasteiger partial charge in [0.15, 0.2) is 0 Å². The topological polar surface area (TPSA) is 12.0 Å². The SMILES string of the molecule is CCC(CSC)NC(CC)c1cccc(Cl)c1. The lowest BCUT2D eigenvalue weighted by molar-refractivity contribution is 0.442. The maximum absolute atomic E-state index is 6.05. The van der Waals surface area contributed by atoms with Crippen LogP contribution in [0.4, 0.5) is 0 Å². The van der Waals surface area contributed by atoms with E-state index in [1.54, 1.807) is 0 Å². The van der Waals surface area contributed by atoms with E-state index in [1.165, 1.54) is 5.56 Å². The number of hydrogen-bond donors (Lipinski definition) is 1. The highest BCUT2D eigenvalue weighted by atomic mass is 35.5. The summed E-state index contributed by atoms with van der Waals surface area (Å²) in [6, 6.07) is 9.15. The Morgan fingerprint density at radius 1 is 1.29 bits per heavy atom. The lowest BCUT2D eigenvalue weighted by Crippen LogP contribution is -2.34. The molecule has 1 N–H and O–H groups in total. The standard InChI is InChI=1S/C14H22ClNS/c1-4-13(10-17-3)16-14(5-2)11-7-6-8-12(15)9-11/h6-9,13-14,16H,4-5,10H2,1-3H3. The maximum Gasteiger partial charge on any atom is 0.0409 e. The molecule has 1 aromatic carbocycles. The molecule has 0 saturated heterocycles. The van der Waals surface area contributed by atoms with Gasteiger partial charge in [0.2, 0.25) is 0 Å². The summed E-state index contributed by atoms with van der Waals surface area (Å²) in [5, 5.41) is 4.54. The van der Waals surface area contributed by atoms with Gasteiger partial charge in [-0.05, 0) is 36.8 Å². The first-order chi connectivity index (χ1) is 8.21. The van der Waals surface area contributed by atoms with E-state index in [4.69, 9.17) is 11.6 Å². The molecule has 1 nitrogen and oxygen atoms in total. The van der Waals surface area contributed by atoms with E-state index in [0.717, 1.165) is 23.6 Å². The molecule has 0 aliphatic carbocycles. The van der Waals surface area contributed by atoms with Crippen molar-refractivity contribution in [1.29, 1.82) is 0 Å². The molecule has 0 spiro atoms. The van der Waals surface area contributed by atoms with Crippen molar-refractivity contribution in [2.45, 2.75) is 38.8 Å². The van der Waals surface area contributed by atoms with E-state index in [2.05, 4.69) is 37.6 Å². The van der Waals surface area contributed by atoms with Gasteiger partial charge in [-0.1, -0.05) is 37.6 Å². The van der Waals surface area contributed by atoms with E-state index >= 15 is 0 Å². The monoisotopic (exact) mass is 271 g/mol. The quantitative estimate of drug-likeness (QED) is 0.782. The third kappa shape index (κ3) is 4.90. The summed E-state index contributed by atoms with van der Waals surface area (Å²) in [5.41, 5.74) is 1.29. The van der Waals surface area contributed by atoms with Crippen LogP contribution in [0.1, 0.15) is 38.3 Å². The van der Waals surface area contributed by atoms with Gasteiger partial charge < -0.3 is 5.32 Å². The number of thioether (sulfide) groups is 1. The Kier molecular flexibility index (Phi) is 7.02. The van der Waals surface area contributed by atoms with Crippen LogP contribution < -0.4 is 5.32 Å². The van der Waals surface area contributed by atoms with E-state index in [1.807, 2.05) is 23.9 Å². The molecule has 96 valence electrons. The van der Waals surface area contributed by atoms with Crippen molar-refractivity contribution >= 4 is 23.4 Å².